The van der Waals surface area contributed by atoms with Gasteiger partial charge in [0.2, 0.25) is 0 Å². The van der Waals surface area contributed by atoms with E-state index in [1.54, 1.807) is 72.8 Å². The van der Waals surface area contributed by atoms with Crippen LogP contribution in [0.3, 0.4) is 0 Å². The maximum atomic E-state index is 12.7. The van der Waals surface area contributed by atoms with Crippen LogP contribution in [0.2, 0.25) is 0 Å². The minimum Gasteiger partial charge on any atom is -1.00 e. The molecule has 3 aromatic carbocycles. The van der Waals surface area contributed by atoms with Crippen LogP contribution >= 0.6 is 6.46 Å². The molecule has 0 aliphatic carbocycles. The Kier molecular flexibility index (Phi) is 16.3. The molecule has 0 aromatic heterocycles. The summed E-state index contributed by atoms with van der Waals surface area (Å²) in [7, 11) is -4.37. The molecule has 0 radical (unpaired) electrons. The van der Waals surface area contributed by atoms with Gasteiger partial charge in [0.25, 0.3) is 6.46 Å². The van der Waals surface area contributed by atoms with Crippen molar-refractivity contribution < 1.29 is 137 Å². The fourth-order valence-electron chi connectivity index (χ4n) is 2.76. The second-order valence-corrected chi connectivity index (χ2v) is 11.8. The van der Waals surface area contributed by atoms with Crippen molar-refractivity contribution in [2.24, 2.45) is 0 Å². The first kappa shape index (κ1) is 31.2. The Morgan fingerprint density at radius 3 is 0.963 bits per heavy atom. The maximum Gasteiger partial charge on any atom is 1.00 e. The summed E-state index contributed by atoms with van der Waals surface area (Å²) in [5.41, 5.74) is 0. The van der Waals surface area contributed by atoms with Crippen molar-refractivity contribution in [2.45, 2.75) is 0 Å². The van der Waals surface area contributed by atoms with Gasteiger partial charge in [0.1, 0.15) is 15.9 Å². The first-order chi connectivity index (χ1) is 11.1. The third-order valence-corrected chi connectivity index (χ3v) is 11.4. The number of benzene rings is 3. The van der Waals surface area contributed by atoms with E-state index >= 15 is 0 Å². The van der Waals surface area contributed by atoms with E-state index in [0.29, 0.717) is 15.9 Å². The van der Waals surface area contributed by atoms with Gasteiger partial charge in [0.05, 0.1) is 0 Å². The normalized spacial score (nSPS) is 10.3. The molecule has 3 rings (SSSR count). The van der Waals surface area contributed by atoms with Gasteiger partial charge in [-0.3, -0.25) is 4.55 Å². The van der Waals surface area contributed by atoms with E-state index in [0.717, 1.165) is 0 Å². The molecule has 3 nitrogen and oxygen atoms in total. The summed E-state index contributed by atoms with van der Waals surface area (Å²) in [5.74, 6) is 0. The fourth-order valence-corrected chi connectivity index (χ4v) is 9.72. The first-order valence-electron chi connectivity index (χ1n) is 7.10. The van der Waals surface area contributed by atoms with E-state index in [2.05, 4.69) is 0 Å². The Morgan fingerprint density at radius 1 is 0.556 bits per heavy atom. The zero-order valence-corrected chi connectivity index (χ0v) is 26.0. The van der Waals surface area contributed by atoms with E-state index in [4.69, 9.17) is 0 Å². The number of hydrogen-bond donors (Lipinski definition) is 1. The Labute approximate surface area is 256 Å². The zero-order chi connectivity index (χ0) is 16.3. The fraction of sp³-hybridized carbons (Fsp3) is 0. The van der Waals surface area contributed by atoms with E-state index < -0.39 is 16.2 Å². The summed E-state index contributed by atoms with van der Waals surface area (Å²) in [6, 6.07) is 26.8. The van der Waals surface area contributed by atoms with Crippen LogP contribution in [0, 0.1) is 0 Å². The van der Waals surface area contributed by atoms with Gasteiger partial charge in [0, 0.05) is 0 Å². The second-order valence-electron chi connectivity index (χ2n) is 5.06. The van der Waals surface area contributed by atoms with Crippen LogP contribution < -0.4 is 134 Å². The molecule has 0 heterocycles. The standard InChI is InChI=1S/C18H15O3PS.4Na.4H/c19-23(20,21)22(16-10-4-1-5-11-16,17-12-6-2-7-13-17)18-14-8-3-9-15-18;;;;;;;;/h1-15H;;;;;;;;/q;4*+1;4*-1/p+1. The monoisotopic (exact) mass is 439 g/mol. The molecule has 124 valence electrons. The predicted octanol–water partition coefficient (Wildman–Crippen LogP) is -8.75. The summed E-state index contributed by atoms with van der Waals surface area (Å²) >= 11 is 0. The topological polar surface area (TPSA) is 54.4 Å². The van der Waals surface area contributed by atoms with E-state index in [1.807, 2.05) is 18.2 Å². The van der Waals surface area contributed by atoms with Gasteiger partial charge in [-0.25, -0.2) is 0 Å². The van der Waals surface area contributed by atoms with Gasteiger partial charge in [-0.2, -0.15) is 8.42 Å². The van der Waals surface area contributed by atoms with Crippen LogP contribution in [0.5, 0.6) is 0 Å². The molecular formula is C18H20Na4O3PS+. The quantitative estimate of drug-likeness (QED) is 0.250. The summed E-state index contributed by atoms with van der Waals surface area (Å²) in [6.07, 6.45) is 0. The molecule has 3 aromatic rings. The molecule has 0 atom stereocenters. The largest absolute Gasteiger partial charge is 1.00 e. The molecule has 0 saturated carbocycles. The molecule has 0 unspecified atom stereocenters. The molecular weight excluding hydrogens is 419 g/mol. The van der Waals surface area contributed by atoms with Crippen LogP contribution in [-0.2, 0) is 9.74 Å². The SMILES string of the molecule is O=S(=O)(O)[P+](c1ccccc1)(c1ccccc1)c1ccccc1.[H-].[H-].[H-].[H-].[Na+].[Na+].[Na+].[Na+]. The molecule has 0 aliphatic rings. The summed E-state index contributed by atoms with van der Waals surface area (Å²) in [4.78, 5) is 0. The van der Waals surface area contributed by atoms with Crippen molar-refractivity contribution >= 4 is 32.1 Å². The summed E-state index contributed by atoms with van der Waals surface area (Å²) < 4.78 is 35.6. The Morgan fingerprint density at radius 2 is 0.778 bits per heavy atom. The van der Waals surface area contributed by atoms with Crippen LogP contribution in [0.15, 0.2) is 91.0 Å². The van der Waals surface area contributed by atoms with E-state index in [-0.39, 0.29) is 124 Å². The van der Waals surface area contributed by atoms with Crippen molar-refractivity contribution in [3.05, 3.63) is 91.0 Å². The molecule has 0 fully saturated rings. The molecule has 0 saturated heterocycles. The molecule has 0 spiro atoms. The Balaban J connectivity index is -0.000000195. The van der Waals surface area contributed by atoms with Crippen LogP contribution in [0.1, 0.15) is 5.71 Å². The van der Waals surface area contributed by atoms with Crippen molar-refractivity contribution in [3.63, 3.8) is 0 Å². The van der Waals surface area contributed by atoms with Crippen LogP contribution in [0.4, 0.5) is 0 Å². The minimum atomic E-state index is -4.37. The average molecular weight is 439 g/mol. The van der Waals surface area contributed by atoms with Crippen molar-refractivity contribution in [1.29, 1.82) is 0 Å². The molecule has 0 aliphatic heterocycles. The molecule has 0 bridgehead atoms. The van der Waals surface area contributed by atoms with Gasteiger partial charge in [0.15, 0.2) is 0 Å². The predicted molar refractivity (Wildman–Crippen MR) is 101 cm³/mol. The van der Waals surface area contributed by atoms with Gasteiger partial charge < -0.3 is 5.71 Å². The van der Waals surface area contributed by atoms with Gasteiger partial charge in [-0.15, -0.1) is 0 Å². The smallest absolute Gasteiger partial charge is 1.00 e. The van der Waals surface area contributed by atoms with Crippen molar-refractivity contribution in [3.8, 4) is 0 Å². The van der Waals surface area contributed by atoms with Gasteiger partial charge >= 0.3 is 128 Å². The van der Waals surface area contributed by atoms with Crippen LogP contribution in [-0.4, -0.2) is 13.0 Å². The van der Waals surface area contributed by atoms with Crippen LogP contribution in [0.25, 0.3) is 0 Å². The molecule has 9 heteroatoms. The molecule has 0 amide bonds. The summed E-state index contributed by atoms with van der Waals surface area (Å²) in [5, 5.41) is 1.83. The zero-order valence-electron chi connectivity index (χ0n) is 20.3. The van der Waals surface area contributed by atoms with E-state index in [1.165, 1.54) is 0 Å². The first-order valence-corrected chi connectivity index (χ1v) is 10.9. The third-order valence-electron chi connectivity index (χ3n) is 3.71. The third kappa shape index (κ3) is 6.74. The maximum absolute atomic E-state index is 12.7. The van der Waals surface area contributed by atoms with Crippen molar-refractivity contribution in [1.82, 2.24) is 0 Å². The minimum absolute atomic E-state index is 0. The Bertz CT molecular complexity index is 816. The van der Waals surface area contributed by atoms with E-state index in [9.17, 15) is 13.0 Å². The molecule has 27 heavy (non-hydrogen) atoms. The Hall–Kier alpha value is 2.00. The summed E-state index contributed by atoms with van der Waals surface area (Å²) in [6.45, 7) is -3.21. The number of rotatable bonds is 4. The van der Waals surface area contributed by atoms with Crippen molar-refractivity contribution in [2.75, 3.05) is 0 Å². The average Bonchev–Trinajstić information content (AvgIpc) is 2.57. The van der Waals surface area contributed by atoms with Gasteiger partial charge in [-0.1, -0.05) is 54.6 Å². The number of hydrogen-bond acceptors (Lipinski definition) is 2. The second kappa shape index (κ2) is 14.1. The molecule has 1 N–H and O–H groups in total. The van der Waals surface area contributed by atoms with Gasteiger partial charge in [-0.05, 0) is 36.4 Å².